The normalized spacial score (nSPS) is 10.5. The van der Waals surface area contributed by atoms with Crippen molar-refractivity contribution in [3.8, 4) is 11.5 Å². The summed E-state index contributed by atoms with van der Waals surface area (Å²) in [6, 6.07) is 11.5. The maximum absolute atomic E-state index is 12.2. The van der Waals surface area contributed by atoms with Gasteiger partial charge in [0.25, 0.3) is 5.91 Å². The molecular formula is C17H16BrF2NO3. The van der Waals surface area contributed by atoms with Crippen molar-refractivity contribution < 1.29 is 23.0 Å². The number of alkyl halides is 2. The average molecular weight is 400 g/mol. The average Bonchev–Trinajstić information content (AvgIpc) is 2.56. The Kier molecular flexibility index (Phi) is 6.54. The van der Waals surface area contributed by atoms with Crippen molar-refractivity contribution in [2.75, 3.05) is 13.7 Å². The van der Waals surface area contributed by atoms with E-state index in [2.05, 4.69) is 26.0 Å². The van der Waals surface area contributed by atoms with Gasteiger partial charge in [-0.05, 0) is 58.2 Å². The predicted octanol–water partition coefficient (Wildman–Crippen LogP) is 4.03. The van der Waals surface area contributed by atoms with E-state index in [0.29, 0.717) is 28.8 Å². The van der Waals surface area contributed by atoms with E-state index in [1.165, 1.54) is 19.2 Å². The van der Waals surface area contributed by atoms with Gasteiger partial charge >= 0.3 is 6.61 Å². The maximum Gasteiger partial charge on any atom is 0.387 e. The molecule has 0 aliphatic heterocycles. The van der Waals surface area contributed by atoms with Crippen LogP contribution in [0.2, 0.25) is 0 Å². The Morgan fingerprint density at radius 1 is 1.17 bits per heavy atom. The summed E-state index contributed by atoms with van der Waals surface area (Å²) in [7, 11) is 1.53. The van der Waals surface area contributed by atoms with Crippen molar-refractivity contribution in [3.05, 3.63) is 58.1 Å². The molecule has 0 atom stereocenters. The molecule has 0 saturated carbocycles. The molecule has 0 aromatic heterocycles. The van der Waals surface area contributed by atoms with Gasteiger partial charge in [0.1, 0.15) is 11.5 Å². The number of nitrogens with one attached hydrogen (secondary N) is 1. The summed E-state index contributed by atoms with van der Waals surface area (Å²) >= 11 is 3.33. The van der Waals surface area contributed by atoms with Crippen LogP contribution in [0, 0.1) is 0 Å². The summed E-state index contributed by atoms with van der Waals surface area (Å²) in [5, 5.41) is 2.81. The van der Waals surface area contributed by atoms with Crippen LogP contribution >= 0.6 is 15.9 Å². The number of benzene rings is 2. The van der Waals surface area contributed by atoms with Gasteiger partial charge in [0, 0.05) is 11.0 Å². The second kappa shape index (κ2) is 8.63. The molecule has 0 fully saturated rings. The minimum atomic E-state index is -2.84. The summed E-state index contributed by atoms with van der Waals surface area (Å²) in [4.78, 5) is 12.2. The van der Waals surface area contributed by atoms with Crippen LogP contribution in [0.4, 0.5) is 8.78 Å². The molecule has 0 radical (unpaired) electrons. The minimum Gasteiger partial charge on any atom is -0.497 e. The van der Waals surface area contributed by atoms with Gasteiger partial charge in [0.05, 0.1) is 12.7 Å². The highest BCUT2D eigenvalue weighted by Crippen LogP contribution is 2.22. The van der Waals surface area contributed by atoms with Crippen LogP contribution in [0.1, 0.15) is 15.9 Å². The van der Waals surface area contributed by atoms with Gasteiger partial charge in [-0.2, -0.15) is 8.78 Å². The zero-order chi connectivity index (χ0) is 17.5. The van der Waals surface area contributed by atoms with E-state index in [0.717, 1.165) is 5.56 Å². The van der Waals surface area contributed by atoms with Crippen LogP contribution in [-0.2, 0) is 6.42 Å². The molecule has 0 unspecified atom stereocenters. The number of carbonyl (C=O) groups excluding carboxylic acids is 1. The van der Waals surface area contributed by atoms with Crippen LogP contribution in [0.5, 0.6) is 11.5 Å². The van der Waals surface area contributed by atoms with Crippen molar-refractivity contribution in [1.82, 2.24) is 5.32 Å². The second-order valence-corrected chi connectivity index (χ2v) is 5.73. The van der Waals surface area contributed by atoms with Crippen LogP contribution in [0.25, 0.3) is 0 Å². The molecular weight excluding hydrogens is 384 g/mol. The fraction of sp³-hybridized carbons (Fsp3) is 0.235. The molecule has 0 aliphatic rings. The minimum absolute atomic E-state index is 0.109. The molecule has 7 heteroatoms. The number of hydrogen-bond acceptors (Lipinski definition) is 3. The highest BCUT2D eigenvalue weighted by Gasteiger charge is 2.11. The van der Waals surface area contributed by atoms with Gasteiger partial charge in [-0.3, -0.25) is 4.79 Å². The highest BCUT2D eigenvalue weighted by molar-refractivity contribution is 9.10. The van der Waals surface area contributed by atoms with Crippen molar-refractivity contribution >= 4 is 21.8 Å². The predicted molar refractivity (Wildman–Crippen MR) is 89.8 cm³/mol. The van der Waals surface area contributed by atoms with E-state index in [9.17, 15) is 13.6 Å². The van der Waals surface area contributed by atoms with E-state index in [4.69, 9.17) is 4.74 Å². The lowest BCUT2D eigenvalue weighted by molar-refractivity contribution is -0.0498. The summed E-state index contributed by atoms with van der Waals surface area (Å²) in [5.41, 5.74) is 1.39. The smallest absolute Gasteiger partial charge is 0.387 e. The zero-order valence-corrected chi connectivity index (χ0v) is 14.5. The van der Waals surface area contributed by atoms with E-state index in [1.54, 1.807) is 30.3 Å². The third-order valence-electron chi connectivity index (χ3n) is 3.27. The Balaban J connectivity index is 1.88. The van der Waals surface area contributed by atoms with Crippen molar-refractivity contribution in [3.63, 3.8) is 0 Å². The van der Waals surface area contributed by atoms with Gasteiger partial charge in [0.2, 0.25) is 0 Å². The summed E-state index contributed by atoms with van der Waals surface area (Å²) < 4.78 is 34.2. The fourth-order valence-electron chi connectivity index (χ4n) is 2.06. The molecule has 2 aromatic carbocycles. The third-order valence-corrected chi connectivity index (χ3v) is 3.96. The number of ether oxygens (including phenoxy) is 2. The Morgan fingerprint density at radius 2 is 1.83 bits per heavy atom. The lowest BCUT2D eigenvalue weighted by Gasteiger charge is -2.09. The molecule has 0 bridgehead atoms. The number of hydrogen-bond donors (Lipinski definition) is 1. The first-order valence-electron chi connectivity index (χ1n) is 7.15. The lowest BCUT2D eigenvalue weighted by Crippen LogP contribution is -2.26. The number of amides is 1. The molecule has 0 aliphatic carbocycles. The lowest BCUT2D eigenvalue weighted by atomic mass is 10.1. The molecule has 1 amide bonds. The quantitative estimate of drug-likeness (QED) is 0.764. The molecule has 0 spiro atoms. The Morgan fingerprint density at radius 3 is 2.46 bits per heavy atom. The molecule has 0 heterocycles. The molecule has 24 heavy (non-hydrogen) atoms. The number of rotatable bonds is 7. The van der Waals surface area contributed by atoms with Crippen LogP contribution < -0.4 is 14.8 Å². The van der Waals surface area contributed by atoms with Crippen LogP contribution in [0.3, 0.4) is 0 Å². The van der Waals surface area contributed by atoms with Gasteiger partial charge < -0.3 is 14.8 Å². The first-order valence-corrected chi connectivity index (χ1v) is 7.94. The fourth-order valence-corrected chi connectivity index (χ4v) is 2.49. The molecule has 0 saturated heterocycles. The van der Waals surface area contributed by atoms with Gasteiger partial charge in [0.15, 0.2) is 0 Å². The van der Waals surface area contributed by atoms with Crippen molar-refractivity contribution in [2.45, 2.75) is 13.0 Å². The highest BCUT2D eigenvalue weighted by atomic mass is 79.9. The van der Waals surface area contributed by atoms with Gasteiger partial charge in [-0.25, -0.2) is 0 Å². The maximum atomic E-state index is 12.2. The standard InChI is InChI=1S/C17H16BrF2NO3/c1-23-13-6-7-15(18)14(10-13)16(22)21-9-8-11-2-4-12(5-3-11)24-17(19)20/h2-7,10,17H,8-9H2,1H3,(H,21,22). The molecule has 4 nitrogen and oxygen atoms in total. The monoisotopic (exact) mass is 399 g/mol. The Labute approximate surface area is 146 Å². The Bertz CT molecular complexity index is 693. The number of halogens is 3. The summed E-state index contributed by atoms with van der Waals surface area (Å²) in [6.07, 6.45) is 0.572. The molecule has 128 valence electrons. The largest absolute Gasteiger partial charge is 0.497 e. The molecule has 2 rings (SSSR count). The van der Waals surface area contributed by atoms with Gasteiger partial charge in [-0.15, -0.1) is 0 Å². The SMILES string of the molecule is COc1ccc(Br)c(C(=O)NCCc2ccc(OC(F)F)cc2)c1. The number of carbonyl (C=O) groups is 1. The van der Waals surface area contributed by atoms with Crippen molar-refractivity contribution in [2.24, 2.45) is 0 Å². The number of methoxy groups -OCH3 is 1. The van der Waals surface area contributed by atoms with E-state index >= 15 is 0 Å². The topological polar surface area (TPSA) is 47.6 Å². The molecule has 1 N–H and O–H groups in total. The third kappa shape index (κ3) is 5.19. The van der Waals surface area contributed by atoms with Gasteiger partial charge in [-0.1, -0.05) is 12.1 Å². The molecule has 2 aromatic rings. The van der Waals surface area contributed by atoms with E-state index < -0.39 is 6.61 Å². The first kappa shape index (κ1) is 18.2. The van der Waals surface area contributed by atoms with E-state index in [1.807, 2.05) is 0 Å². The van der Waals surface area contributed by atoms with Crippen LogP contribution in [-0.4, -0.2) is 26.2 Å². The van der Waals surface area contributed by atoms with Crippen molar-refractivity contribution in [1.29, 1.82) is 0 Å². The second-order valence-electron chi connectivity index (χ2n) is 4.87. The summed E-state index contributed by atoms with van der Waals surface area (Å²) in [6.45, 7) is -2.42. The van der Waals surface area contributed by atoms with Crippen LogP contribution in [0.15, 0.2) is 46.9 Å². The first-order chi connectivity index (χ1) is 11.5. The Hall–Kier alpha value is -2.15. The van der Waals surface area contributed by atoms with E-state index in [-0.39, 0.29) is 11.7 Å². The summed E-state index contributed by atoms with van der Waals surface area (Å²) in [5.74, 6) is 0.481. The zero-order valence-electron chi connectivity index (χ0n) is 12.9.